The van der Waals surface area contributed by atoms with E-state index in [1.54, 1.807) is 32.4 Å². The normalized spacial score (nSPS) is 24.9. The molecule has 30 heavy (non-hydrogen) atoms. The van der Waals surface area contributed by atoms with E-state index in [4.69, 9.17) is 9.47 Å². The van der Waals surface area contributed by atoms with Crippen LogP contribution in [0.4, 0.5) is 0 Å². The summed E-state index contributed by atoms with van der Waals surface area (Å²) in [6, 6.07) is 5.72. The Bertz CT molecular complexity index is 748. The minimum atomic E-state index is -0.0246. The number of methoxy groups -OCH3 is 2. The molecule has 2 unspecified atom stereocenters. The molecule has 2 amide bonds. The lowest BCUT2D eigenvalue weighted by molar-refractivity contribution is -0.143. The molecule has 1 saturated carbocycles. The lowest BCUT2D eigenvalue weighted by atomic mass is 9.77. The van der Waals surface area contributed by atoms with Gasteiger partial charge in [-0.1, -0.05) is 12.8 Å². The van der Waals surface area contributed by atoms with Gasteiger partial charge in [-0.3, -0.25) is 9.59 Å². The summed E-state index contributed by atoms with van der Waals surface area (Å²) in [5.74, 6) is 2.28. The highest BCUT2D eigenvalue weighted by Gasteiger charge is 2.39. The summed E-state index contributed by atoms with van der Waals surface area (Å²) < 4.78 is 10.6. The molecule has 2 heterocycles. The van der Waals surface area contributed by atoms with Crippen LogP contribution in [0.25, 0.3) is 0 Å². The molecule has 0 spiro atoms. The third kappa shape index (κ3) is 4.28. The predicted octanol–water partition coefficient (Wildman–Crippen LogP) is 3.74. The summed E-state index contributed by atoms with van der Waals surface area (Å²) in [4.78, 5) is 30.4. The topological polar surface area (TPSA) is 59.1 Å². The lowest BCUT2D eigenvalue weighted by Gasteiger charge is -2.46. The highest BCUT2D eigenvalue weighted by atomic mass is 16.5. The van der Waals surface area contributed by atoms with Crippen molar-refractivity contribution in [3.05, 3.63) is 23.8 Å². The van der Waals surface area contributed by atoms with Gasteiger partial charge in [0.05, 0.1) is 14.2 Å². The van der Waals surface area contributed by atoms with Crippen molar-refractivity contribution in [3.8, 4) is 11.5 Å². The number of fused-ring (bicyclic) bond motifs is 1. The average Bonchev–Trinajstić information content (AvgIpc) is 2.82. The zero-order chi connectivity index (χ0) is 21.1. The number of amides is 2. The smallest absolute Gasteiger partial charge is 0.254 e. The van der Waals surface area contributed by atoms with E-state index in [-0.39, 0.29) is 11.8 Å². The van der Waals surface area contributed by atoms with E-state index in [0.717, 1.165) is 25.8 Å². The van der Waals surface area contributed by atoms with Gasteiger partial charge in [-0.2, -0.15) is 0 Å². The van der Waals surface area contributed by atoms with Gasteiger partial charge in [0.25, 0.3) is 5.91 Å². The van der Waals surface area contributed by atoms with E-state index in [2.05, 4.69) is 4.90 Å². The fourth-order valence-electron chi connectivity index (χ4n) is 5.58. The van der Waals surface area contributed by atoms with Gasteiger partial charge in [0.1, 0.15) is 11.5 Å². The number of likely N-dealkylation sites (tertiary alicyclic amines) is 2. The number of carbonyl (C=O) groups is 2. The van der Waals surface area contributed by atoms with E-state index < -0.39 is 0 Å². The molecule has 6 heteroatoms. The molecular formula is C24H34N2O4. The first-order valence-corrected chi connectivity index (χ1v) is 11.4. The molecule has 0 N–H and O–H groups in total. The number of piperidine rings is 2. The average molecular weight is 415 g/mol. The van der Waals surface area contributed by atoms with Crippen molar-refractivity contribution in [1.82, 2.24) is 9.80 Å². The lowest BCUT2D eigenvalue weighted by Crippen LogP contribution is -2.53. The number of ether oxygens (including phenoxy) is 2. The predicted molar refractivity (Wildman–Crippen MR) is 115 cm³/mol. The van der Waals surface area contributed by atoms with Crippen LogP contribution in [0.15, 0.2) is 18.2 Å². The van der Waals surface area contributed by atoms with Crippen molar-refractivity contribution in [2.75, 3.05) is 33.9 Å². The first-order chi connectivity index (χ1) is 14.6. The molecule has 3 aliphatic rings. The maximum absolute atomic E-state index is 13.3. The van der Waals surface area contributed by atoms with E-state index in [9.17, 15) is 9.59 Å². The highest BCUT2D eigenvalue weighted by molar-refractivity contribution is 5.95. The third-order valence-corrected chi connectivity index (χ3v) is 7.26. The molecule has 1 aliphatic carbocycles. The Labute approximate surface area is 179 Å². The van der Waals surface area contributed by atoms with Crippen molar-refractivity contribution in [3.63, 3.8) is 0 Å². The molecule has 4 rings (SSSR count). The van der Waals surface area contributed by atoms with E-state index in [1.165, 1.54) is 32.1 Å². The van der Waals surface area contributed by atoms with Crippen LogP contribution in [-0.4, -0.2) is 61.5 Å². The molecule has 0 bridgehead atoms. The number of benzene rings is 1. The second-order valence-corrected chi connectivity index (χ2v) is 8.95. The van der Waals surface area contributed by atoms with E-state index >= 15 is 0 Å². The molecule has 164 valence electrons. The van der Waals surface area contributed by atoms with Gasteiger partial charge >= 0.3 is 0 Å². The first-order valence-electron chi connectivity index (χ1n) is 11.4. The molecule has 0 aromatic heterocycles. The van der Waals surface area contributed by atoms with E-state index in [1.807, 2.05) is 4.90 Å². The fraction of sp³-hybridized carbons (Fsp3) is 0.667. The van der Waals surface area contributed by atoms with Crippen molar-refractivity contribution in [2.24, 2.45) is 11.8 Å². The van der Waals surface area contributed by atoms with Crippen molar-refractivity contribution in [2.45, 2.75) is 57.4 Å². The van der Waals surface area contributed by atoms with Crippen molar-refractivity contribution < 1.29 is 19.1 Å². The maximum Gasteiger partial charge on any atom is 0.254 e. The Kier molecular flexibility index (Phi) is 6.49. The number of hydrogen-bond donors (Lipinski definition) is 0. The molecule has 0 radical (unpaired) electrons. The molecule has 6 nitrogen and oxygen atoms in total. The van der Waals surface area contributed by atoms with Crippen LogP contribution in [-0.2, 0) is 4.79 Å². The summed E-state index contributed by atoms with van der Waals surface area (Å²) in [5, 5.41) is 0. The molecule has 1 aromatic rings. The maximum atomic E-state index is 13.3. The van der Waals surface area contributed by atoms with Gasteiger partial charge in [0.2, 0.25) is 5.91 Å². The molecule has 1 aromatic carbocycles. The number of carbonyl (C=O) groups excluding carboxylic acids is 2. The Hall–Kier alpha value is -2.24. The standard InChI is InChI=1S/C24H34N2O4/c1-29-20-14-19(15-21(16-20)30-2)23(27)25-12-9-18(10-13-25)24(28)26-11-5-7-17-6-3-4-8-22(17)26/h14-18,22H,3-13H2,1-2H3. The van der Waals surface area contributed by atoms with Gasteiger partial charge in [-0.05, 0) is 56.6 Å². The third-order valence-electron chi connectivity index (χ3n) is 7.26. The van der Waals surface area contributed by atoms with Crippen LogP contribution in [0, 0.1) is 11.8 Å². The second kappa shape index (κ2) is 9.27. The zero-order valence-electron chi connectivity index (χ0n) is 18.3. The van der Waals surface area contributed by atoms with Crippen LogP contribution >= 0.6 is 0 Å². The van der Waals surface area contributed by atoms with Gasteiger partial charge in [0.15, 0.2) is 0 Å². The summed E-state index contributed by atoms with van der Waals surface area (Å²) in [6.45, 7) is 2.16. The van der Waals surface area contributed by atoms with Gasteiger partial charge in [-0.15, -0.1) is 0 Å². The van der Waals surface area contributed by atoms with Gasteiger partial charge in [-0.25, -0.2) is 0 Å². The quantitative estimate of drug-likeness (QED) is 0.753. The molecule has 2 atom stereocenters. The van der Waals surface area contributed by atoms with Crippen LogP contribution in [0.2, 0.25) is 0 Å². The zero-order valence-corrected chi connectivity index (χ0v) is 18.3. The van der Waals surface area contributed by atoms with Crippen LogP contribution in [0.3, 0.4) is 0 Å². The molecule has 3 fully saturated rings. The summed E-state index contributed by atoms with van der Waals surface area (Å²) in [5.41, 5.74) is 0.567. The fourth-order valence-corrected chi connectivity index (χ4v) is 5.58. The van der Waals surface area contributed by atoms with Crippen LogP contribution in [0.5, 0.6) is 11.5 Å². The minimum absolute atomic E-state index is 0.0246. The number of hydrogen-bond acceptors (Lipinski definition) is 4. The molecular weight excluding hydrogens is 380 g/mol. The summed E-state index contributed by atoms with van der Waals surface area (Å²) >= 11 is 0. The van der Waals surface area contributed by atoms with Crippen LogP contribution < -0.4 is 9.47 Å². The number of nitrogens with zero attached hydrogens (tertiary/aromatic N) is 2. The van der Waals surface area contributed by atoms with Crippen molar-refractivity contribution in [1.29, 1.82) is 0 Å². The SMILES string of the molecule is COc1cc(OC)cc(C(=O)N2CCC(C(=O)N3CCCC4CCCCC43)CC2)c1. The molecule has 2 aliphatic heterocycles. The Morgan fingerprint density at radius 1 is 0.833 bits per heavy atom. The van der Waals surface area contributed by atoms with Crippen LogP contribution in [0.1, 0.15) is 61.7 Å². The van der Waals surface area contributed by atoms with Crippen molar-refractivity contribution >= 4 is 11.8 Å². The van der Waals surface area contributed by atoms with Gasteiger partial charge < -0.3 is 19.3 Å². The Balaban J connectivity index is 1.37. The molecule has 2 saturated heterocycles. The summed E-state index contributed by atoms with van der Waals surface area (Å²) in [6.07, 6.45) is 8.95. The minimum Gasteiger partial charge on any atom is -0.497 e. The Morgan fingerprint density at radius 3 is 2.13 bits per heavy atom. The second-order valence-electron chi connectivity index (χ2n) is 8.95. The van der Waals surface area contributed by atoms with E-state index in [0.29, 0.717) is 48.0 Å². The first kappa shape index (κ1) is 21.0. The largest absolute Gasteiger partial charge is 0.497 e. The number of rotatable bonds is 4. The highest BCUT2D eigenvalue weighted by Crippen LogP contribution is 2.37. The summed E-state index contributed by atoms with van der Waals surface area (Å²) in [7, 11) is 3.16. The monoisotopic (exact) mass is 414 g/mol. The Morgan fingerprint density at radius 2 is 1.47 bits per heavy atom. The van der Waals surface area contributed by atoms with Gasteiger partial charge in [0, 0.05) is 43.2 Å².